The van der Waals surface area contributed by atoms with Crippen LogP contribution >= 0.6 is 0 Å². The lowest BCUT2D eigenvalue weighted by Crippen LogP contribution is -2.04. The van der Waals surface area contributed by atoms with E-state index in [-0.39, 0.29) is 10.5 Å². The third-order valence-electron chi connectivity index (χ3n) is 2.42. The molecule has 0 saturated heterocycles. The number of rotatable bonds is 7. The van der Waals surface area contributed by atoms with E-state index in [1.54, 1.807) is 36.4 Å². The maximum Gasteiger partial charge on any atom is 0.338 e. The molecule has 23 heavy (non-hydrogen) atoms. The second-order valence-corrected chi connectivity index (χ2v) is 5.63. The van der Waals surface area contributed by atoms with Crippen LogP contribution in [0.25, 0.3) is 6.08 Å². The van der Waals surface area contributed by atoms with Gasteiger partial charge in [-0.25, -0.2) is 4.79 Å². The minimum Gasteiger partial charge on any atom is -0.478 e. The maximum absolute atomic E-state index is 12.1. The highest BCUT2D eigenvalue weighted by atomic mass is 32.2. The zero-order valence-corrected chi connectivity index (χ0v) is 12.7. The Morgan fingerprint density at radius 1 is 1.26 bits per heavy atom. The van der Waals surface area contributed by atoms with Gasteiger partial charge in [0.1, 0.15) is 4.91 Å². The second kappa shape index (κ2) is 8.36. The van der Waals surface area contributed by atoms with E-state index >= 15 is 0 Å². The summed E-state index contributed by atoms with van der Waals surface area (Å²) in [6.45, 7) is 3.19. The Hall–Kier alpha value is -3.11. The van der Waals surface area contributed by atoms with Crippen molar-refractivity contribution in [1.29, 1.82) is 5.26 Å². The smallest absolute Gasteiger partial charge is 0.338 e. The molecule has 0 spiro atoms. The lowest BCUT2D eigenvalue weighted by Gasteiger charge is -2.04. The fourth-order valence-corrected chi connectivity index (χ4v) is 2.32. The average Bonchev–Trinajstić information content (AvgIpc) is 2.51. The zero-order chi connectivity index (χ0) is 17.3. The van der Waals surface area contributed by atoms with Crippen LogP contribution in [0.1, 0.15) is 5.56 Å². The van der Waals surface area contributed by atoms with E-state index < -0.39 is 16.1 Å². The van der Waals surface area contributed by atoms with Crippen molar-refractivity contribution in [2.45, 2.75) is 0 Å². The predicted molar refractivity (Wildman–Crippen MR) is 85.1 cm³/mol. The highest BCUT2D eigenvalue weighted by Gasteiger charge is 2.17. The van der Waals surface area contributed by atoms with Crippen molar-refractivity contribution in [2.75, 3.05) is 0 Å². The van der Waals surface area contributed by atoms with Gasteiger partial charge in [0.2, 0.25) is 0 Å². The van der Waals surface area contributed by atoms with Crippen molar-refractivity contribution in [2.24, 2.45) is 0 Å². The van der Waals surface area contributed by atoms with Crippen LogP contribution in [-0.2, 0) is 19.1 Å². The summed E-state index contributed by atoms with van der Waals surface area (Å²) in [6.07, 6.45) is 4.79. The molecule has 0 saturated carbocycles. The van der Waals surface area contributed by atoms with Crippen molar-refractivity contribution in [1.82, 2.24) is 0 Å². The minimum absolute atomic E-state index is 0.161. The highest BCUT2D eigenvalue weighted by molar-refractivity contribution is 7.91. The fraction of sp³-hybridized carbons (Fsp3) is 0. The van der Waals surface area contributed by atoms with Gasteiger partial charge in [0.25, 0.3) is 0 Å². The molecule has 1 rings (SSSR count). The van der Waals surface area contributed by atoms with Crippen LogP contribution in [0, 0.1) is 11.3 Å². The number of allylic oxidation sites excluding steroid dienone is 3. The lowest BCUT2D eigenvalue weighted by atomic mass is 10.2. The van der Waals surface area contributed by atoms with E-state index in [4.69, 9.17) is 10.4 Å². The lowest BCUT2D eigenvalue weighted by molar-refractivity contribution is -0.131. The number of carbonyl (C=O) groups is 1. The Labute approximate surface area is 134 Å². The summed E-state index contributed by atoms with van der Waals surface area (Å²) < 4.78 is 28.6. The van der Waals surface area contributed by atoms with E-state index in [1.165, 1.54) is 6.08 Å². The Morgan fingerprint density at radius 3 is 2.43 bits per heavy atom. The molecule has 6 nitrogen and oxygen atoms in total. The summed E-state index contributed by atoms with van der Waals surface area (Å²) in [4.78, 5) is 10.2. The highest BCUT2D eigenvalue weighted by Crippen LogP contribution is 2.18. The molecule has 0 radical (unpaired) electrons. The van der Waals surface area contributed by atoms with Gasteiger partial charge >= 0.3 is 16.1 Å². The molecule has 0 aliphatic heterocycles. The van der Waals surface area contributed by atoms with E-state index in [1.807, 2.05) is 0 Å². The minimum atomic E-state index is -4.18. The number of benzene rings is 1. The third-order valence-corrected chi connectivity index (χ3v) is 3.63. The molecule has 0 aliphatic rings. The Bertz CT molecular complexity index is 812. The molecule has 0 amide bonds. The summed E-state index contributed by atoms with van der Waals surface area (Å²) in [5, 5.41) is 17.6. The van der Waals surface area contributed by atoms with Gasteiger partial charge in [0.05, 0.1) is 17.9 Å². The predicted octanol–water partition coefficient (Wildman–Crippen LogP) is 2.61. The number of nitriles is 1. The van der Waals surface area contributed by atoms with Crippen LogP contribution in [-0.4, -0.2) is 19.5 Å². The van der Waals surface area contributed by atoms with E-state index in [0.29, 0.717) is 5.56 Å². The molecular weight excluding hydrogens is 318 g/mol. The second-order valence-electron chi connectivity index (χ2n) is 4.06. The van der Waals surface area contributed by atoms with Crippen molar-refractivity contribution in [3.63, 3.8) is 0 Å². The maximum atomic E-state index is 12.1. The molecular formula is C16H13NO5S. The molecule has 0 heterocycles. The number of carboxylic acids is 1. The number of hydrogen-bond acceptors (Lipinski definition) is 5. The molecule has 0 unspecified atom stereocenters. The van der Waals surface area contributed by atoms with Gasteiger partial charge in [0.15, 0.2) is 0 Å². The molecule has 0 aromatic heterocycles. The van der Waals surface area contributed by atoms with Gasteiger partial charge in [-0.3, -0.25) is 0 Å². The van der Waals surface area contributed by atoms with Gasteiger partial charge < -0.3 is 9.29 Å². The van der Waals surface area contributed by atoms with Crippen LogP contribution in [0.3, 0.4) is 0 Å². The molecule has 1 aromatic rings. The summed E-state index contributed by atoms with van der Waals surface area (Å²) >= 11 is 0. The van der Waals surface area contributed by atoms with Crippen LogP contribution < -0.4 is 0 Å². The largest absolute Gasteiger partial charge is 0.478 e. The number of hydrogen-bond donors (Lipinski definition) is 1. The van der Waals surface area contributed by atoms with E-state index in [2.05, 4.69) is 10.8 Å². The quantitative estimate of drug-likeness (QED) is 0.271. The number of carboxylic acid groups (broad SMARTS) is 1. The van der Waals surface area contributed by atoms with Crippen LogP contribution in [0.5, 0.6) is 0 Å². The molecule has 1 N–H and O–H groups in total. The molecule has 0 bridgehead atoms. The summed E-state index contributed by atoms with van der Waals surface area (Å²) in [6, 6.07) is 10.2. The SMILES string of the molecule is C=COS(=O)(=O)C(C=C(C#N)C=CC(=O)O)=Cc1ccccc1. The Morgan fingerprint density at radius 2 is 1.91 bits per heavy atom. The first-order valence-corrected chi connectivity index (χ1v) is 7.63. The molecule has 0 aliphatic carbocycles. The summed E-state index contributed by atoms with van der Waals surface area (Å²) in [5.74, 6) is -1.26. The van der Waals surface area contributed by atoms with Gasteiger partial charge in [0, 0.05) is 6.08 Å². The monoisotopic (exact) mass is 331 g/mol. The van der Waals surface area contributed by atoms with Crippen LogP contribution in [0.15, 0.2) is 71.9 Å². The topological polar surface area (TPSA) is 104 Å². The van der Waals surface area contributed by atoms with Gasteiger partial charge in [-0.05, 0) is 23.8 Å². The standard InChI is InChI=1S/C16H13NO5S/c1-2-22-23(20,21)15(10-13-6-4-3-5-7-13)11-14(12-17)8-9-16(18)19/h2-11H,1H2,(H,18,19). The third kappa shape index (κ3) is 6.03. The van der Waals surface area contributed by atoms with Crippen molar-refractivity contribution in [3.8, 4) is 6.07 Å². The molecule has 118 valence electrons. The normalized spacial score (nSPS) is 12.7. The first kappa shape index (κ1) is 17.9. The van der Waals surface area contributed by atoms with Crippen LogP contribution in [0.2, 0.25) is 0 Å². The van der Waals surface area contributed by atoms with Crippen molar-refractivity contribution < 1.29 is 22.5 Å². The molecule has 7 heteroatoms. The zero-order valence-electron chi connectivity index (χ0n) is 11.9. The first-order valence-electron chi connectivity index (χ1n) is 6.23. The van der Waals surface area contributed by atoms with Gasteiger partial charge in [-0.15, -0.1) is 0 Å². The van der Waals surface area contributed by atoms with E-state index in [0.717, 1.165) is 24.5 Å². The number of aliphatic carboxylic acids is 1. The molecule has 0 fully saturated rings. The van der Waals surface area contributed by atoms with Crippen molar-refractivity contribution in [3.05, 3.63) is 77.4 Å². The summed E-state index contributed by atoms with van der Waals surface area (Å²) in [5.41, 5.74) is 0.403. The van der Waals surface area contributed by atoms with Crippen molar-refractivity contribution >= 4 is 22.2 Å². The summed E-state index contributed by atoms with van der Waals surface area (Å²) in [7, 11) is -4.18. The fourth-order valence-electron chi connectivity index (χ4n) is 1.48. The Kier molecular flexibility index (Phi) is 6.52. The van der Waals surface area contributed by atoms with Crippen LogP contribution in [0.4, 0.5) is 0 Å². The average molecular weight is 331 g/mol. The Balaban J connectivity index is 3.41. The van der Waals surface area contributed by atoms with E-state index in [9.17, 15) is 13.2 Å². The molecule has 0 atom stereocenters. The molecule has 1 aromatic carbocycles. The van der Waals surface area contributed by atoms with Gasteiger partial charge in [-0.2, -0.15) is 13.7 Å². The first-order chi connectivity index (χ1) is 10.9. The number of nitrogens with zero attached hydrogens (tertiary/aromatic N) is 1. The van der Waals surface area contributed by atoms with Gasteiger partial charge in [-0.1, -0.05) is 36.9 Å².